The van der Waals surface area contributed by atoms with E-state index in [1.807, 2.05) is 65.0 Å². The molecular weight excluding hydrogens is 1130 g/mol. The lowest BCUT2D eigenvalue weighted by Gasteiger charge is -2.31. The second-order valence-corrected chi connectivity index (χ2v) is 22.6. The molecule has 0 radical (unpaired) electrons. The molecule has 450 valence electrons. The van der Waals surface area contributed by atoms with Crippen molar-refractivity contribution < 1.29 is 69.7 Å². The van der Waals surface area contributed by atoms with E-state index in [0.717, 1.165) is 63.6 Å². The molecule has 0 saturated heterocycles. The maximum atomic E-state index is 13.0. The number of ether oxygens (including phenoxy) is 5. The molecule has 2 aliphatic rings. The number of aryl methyl sites for hydroxylation is 2. The fraction of sp³-hybridized carbons (Fsp3) is 0.233. The summed E-state index contributed by atoms with van der Waals surface area (Å²) in [6.45, 7) is 19.0. The van der Waals surface area contributed by atoms with Crippen LogP contribution in [0.2, 0.25) is 0 Å². The Balaban J connectivity index is 0.000000200. The second kappa shape index (κ2) is 30.9. The zero-order chi connectivity index (χ0) is 62.1. The monoisotopic (exact) mass is 1210 g/mol. The topological polar surface area (TPSA) is 156 Å². The number of methoxy groups -OCH3 is 3. The summed E-state index contributed by atoms with van der Waals surface area (Å²) in [4.78, 5) is 61.3. The summed E-state index contributed by atoms with van der Waals surface area (Å²) < 4.78 is 28.6. The minimum absolute atomic E-state index is 0. The summed E-state index contributed by atoms with van der Waals surface area (Å²) >= 11 is 1.72. The van der Waals surface area contributed by atoms with Crippen LogP contribution in [0.1, 0.15) is 142 Å². The number of halogens is 1. The van der Waals surface area contributed by atoms with E-state index in [1.54, 1.807) is 79.1 Å². The quantitative estimate of drug-likeness (QED) is 0.0425. The zero-order valence-corrected chi connectivity index (χ0v) is 52.5. The van der Waals surface area contributed by atoms with Crippen LogP contribution >= 0.6 is 11.3 Å². The van der Waals surface area contributed by atoms with Crippen molar-refractivity contribution in [3.63, 3.8) is 0 Å². The summed E-state index contributed by atoms with van der Waals surface area (Å²) in [5, 5.41) is 8.94. The number of ketones is 3. The van der Waals surface area contributed by atoms with Crippen molar-refractivity contribution in [2.24, 2.45) is 0 Å². The van der Waals surface area contributed by atoms with Crippen LogP contribution in [-0.4, -0.2) is 73.5 Å². The van der Waals surface area contributed by atoms with E-state index in [4.69, 9.17) is 19.3 Å². The Kier molecular flexibility index (Phi) is 23.8. The first-order valence-corrected chi connectivity index (χ1v) is 29.0. The standard InChI is InChI=1S/C30H28O5.C21H20O2.C13H16NOS.C9H10O3.ClH/c1-19-5-7-20(8-6-19)25-18-30(2,3)35-28-16-13-23(17-24(25)28)27(32)15-14-26(31)21-9-11-22(12-10-21)29(33)34-4;1-5-19(22)16-10-11-20-17(12-16)18(13-21(3,4)23-20)15-8-6-14(2)7-9-15;1-11-13(7-8-15)16-10-14(11)9-12-5-3-2-4-6-12;1-11-8-5-3-7(4-6-8)9(10)12-2;/h5-13,16-18H,14-15H2,1-4H3;5-13H,1H2,2-4H3;2-6,10,15H,7-9H2,1H3;3-6H,1-2H3;1H/q;;+1;;/p-1. The van der Waals surface area contributed by atoms with E-state index < -0.39 is 17.2 Å². The lowest BCUT2D eigenvalue weighted by atomic mass is 9.88. The number of Topliss-reactive ketones (excluding diaryl/α,β-unsaturated/α-hetero) is 2. The second-order valence-electron chi connectivity index (χ2n) is 21.7. The third-order valence-electron chi connectivity index (χ3n) is 14.2. The van der Waals surface area contributed by atoms with Gasteiger partial charge in [0.1, 0.15) is 28.5 Å². The van der Waals surface area contributed by atoms with Crippen molar-refractivity contribution >= 4 is 51.8 Å². The Bertz CT molecular complexity index is 3770. The predicted octanol–water partition coefficient (Wildman–Crippen LogP) is 11.6. The van der Waals surface area contributed by atoms with Gasteiger partial charge in [-0.15, -0.1) is 0 Å². The molecule has 0 atom stereocenters. The number of aliphatic hydroxyl groups excluding tert-OH is 1. The number of benzene rings is 7. The van der Waals surface area contributed by atoms with Gasteiger partial charge in [-0.2, -0.15) is 4.57 Å². The summed E-state index contributed by atoms with van der Waals surface area (Å²) in [7, 11) is 4.24. The molecule has 0 spiro atoms. The number of hydrogen-bond acceptors (Lipinski definition) is 12. The van der Waals surface area contributed by atoms with Gasteiger partial charge in [0, 0.05) is 66.2 Å². The van der Waals surface area contributed by atoms with Gasteiger partial charge in [0.05, 0.1) is 37.3 Å². The minimum Gasteiger partial charge on any atom is -1.00 e. The number of fused-ring (bicyclic) bond motifs is 2. The molecule has 87 heavy (non-hydrogen) atoms. The van der Waals surface area contributed by atoms with Crippen molar-refractivity contribution in [1.29, 1.82) is 0 Å². The van der Waals surface area contributed by atoms with E-state index in [-0.39, 0.29) is 55.2 Å². The number of nitrogens with zero attached hydrogens (tertiary/aromatic N) is 1. The largest absolute Gasteiger partial charge is 1.00 e. The third kappa shape index (κ3) is 18.3. The summed E-state index contributed by atoms with van der Waals surface area (Å²) in [5.41, 5.74) is 14.9. The number of esters is 2. The van der Waals surface area contributed by atoms with Gasteiger partial charge >= 0.3 is 11.9 Å². The fourth-order valence-electron chi connectivity index (χ4n) is 9.52. The summed E-state index contributed by atoms with van der Waals surface area (Å²) in [6.07, 6.45) is 6.46. The molecule has 8 aromatic rings. The number of carbonyl (C=O) groups is 5. The summed E-state index contributed by atoms with van der Waals surface area (Å²) in [6, 6.07) is 51.1. The van der Waals surface area contributed by atoms with Crippen LogP contribution < -0.4 is 31.2 Å². The van der Waals surface area contributed by atoms with Crippen LogP contribution in [-0.2, 0) is 22.4 Å². The maximum absolute atomic E-state index is 13.0. The Hall–Kier alpha value is -9.01. The Morgan fingerprint density at radius 3 is 1.47 bits per heavy atom. The number of rotatable bonds is 16. The summed E-state index contributed by atoms with van der Waals surface area (Å²) in [5.74, 6) is 1.11. The van der Waals surface area contributed by atoms with Crippen LogP contribution in [0.5, 0.6) is 17.2 Å². The fourth-order valence-corrected chi connectivity index (χ4v) is 10.5. The molecule has 0 aliphatic carbocycles. The maximum Gasteiger partial charge on any atom is 0.337 e. The van der Waals surface area contributed by atoms with Gasteiger partial charge < -0.3 is 41.2 Å². The molecule has 0 unspecified atom stereocenters. The predicted molar refractivity (Wildman–Crippen MR) is 339 cm³/mol. The van der Waals surface area contributed by atoms with Gasteiger partial charge in [0.25, 0.3) is 0 Å². The Morgan fingerprint density at radius 2 is 1.01 bits per heavy atom. The first kappa shape index (κ1) is 67.1. The third-order valence-corrected chi connectivity index (χ3v) is 15.3. The van der Waals surface area contributed by atoms with Gasteiger partial charge in [0.15, 0.2) is 29.6 Å². The number of thiazole rings is 1. The average Bonchev–Trinajstić information content (AvgIpc) is 1.77. The Labute approximate surface area is 520 Å². The van der Waals surface area contributed by atoms with Crippen molar-refractivity contribution in [2.75, 3.05) is 27.9 Å². The van der Waals surface area contributed by atoms with E-state index >= 15 is 0 Å². The smallest absolute Gasteiger partial charge is 0.337 e. The van der Waals surface area contributed by atoms with E-state index in [2.05, 4.69) is 125 Å². The van der Waals surface area contributed by atoms with Crippen LogP contribution in [0, 0.1) is 20.8 Å². The molecular formula is C73H74ClNO11S. The van der Waals surface area contributed by atoms with Gasteiger partial charge in [-0.25, -0.2) is 9.59 Å². The van der Waals surface area contributed by atoms with E-state index in [0.29, 0.717) is 27.8 Å². The van der Waals surface area contributed by atoms with E-state index in [1.165, 1.54) is 47.6 Å². The number of hydrogen-bond donors (Lipinski definition) is 1. The van der Waals surface area contributed by atoms with Gasteiger partial charge in [-0.05, 0) is 155 Å². The molecule has 14 heteroatoms. The molecule has 0 fully saturated rings. The van der Waals surface area contributed by atoms with Gasteiger partial charge in [-0.3, -0.25) is 14.4 Å². The average molecular weight is 1210 g/mol. The number of allylic oxidation sites excluding steroid dienone is 1. The molecule has 0 bridgehead atoms. The number of carbonyl (C=O) groups excluding carboxylic acids is 5. The van der Waals surface area contributed by atoms with Crippen molar-refractivity contribution in [3.05, 3.63) is 271 Å². The first-order chi connectivity index (χ1) is 41.1. The highest BCUT2D eigenvalue weighted by Gasteiger charge is 2.30. The molecule has 3 heterocycles. The highest BCUT2D eigenvalue weighted by atomic mass is 35.5. The molecule has 2 aliphatic heterocycles. The molecule has 12 nitrogen and oxygen atoms in total. The van der Waals surface area contributed by atoms with Gasteiger partial charge in [-0.1, -0.05) is 120 Å². The molecule has 7 aromatic carbocycles. The number of aromatic nitrogens is 1. The molecule has 0 saturated carbocycles. The van der Waals surface area contributed by atoms with Crippen LogP contribution in [0.4, 0.5) is 0 Å². The van der Waals surface area contributed by atoms with E-state index in [9.17, 15) is 24.0 Å². The highest BCUT2D eigenvalue weighted by Crippen LogP contribution is 2.42. The molecule has 1 N–H and O–H groups in total. The van der Waals surface area contributed by atoms with Crippen LogP contribution in [0.3, 0.4) is 0 Å². The zero-order valence-electron chi connectivity index (χ0n) is 50.9. The lowest BCUT2D eigenvalue weighted by molar-refractivity contribution is -0.689. The van der Waals surface area contributed by atoms with Crippen molar-refractivity contribution in [2.45, 2.75) is 85.5 Å². The molecule has 10 rings (SSSR count). The van der Waals surface area contributed by atoms with Crippen LogP contribution in [0.25, 0.3) is 11.1 Å². The highest BCUT2D eigenvalue weighted by molar-refractivity contribution is 7.09. The van der Waals surface area contributed by atoms with Gasteiger partial charge in [0.2, 0.25) is 5.51 Å². The SMILES string of the molecule is C=CC(=O)c1ccc2c(c1)C(c1ccc(C)cc1)=CC(C)(C)O2.COC(=O)c1ccc(C(=O)CCC(=O)c2ccc3c(c2)C(c2ccc(C)cc2)=CC(C)(C)O3)cc1.COC(=O)c1ccc(OC)cc1.Cc1c(CCO)sc[n+]1Cc1ccccc1.[Cl-]. The van der Waals surface area contributed by atoms with Crippen molar-refractivity contribution in [3.8, 4) is 17.2 Å². The number of aliphatic hydroxyl groups is 1. The van der Waals surface area contributed by atoms with Crippen LogP contribution in [0.15, 0.2) is 194 Å². The lowest BCUT2D eigenvalue weighted by Crippen LogP contribution is -3.00. The minimum atomic E-state index is -0.478. The molecule has 1 aromatic heterocycles. The first-order valence-electron chi connectivity index (χ1n) is 28.2. The Morgan fingerprint density at radius 1 is 0.575 bits per heavy atom. The molecule has 0 amide bonds. The van der Waals surface area contributed by atoms with Crippen molar-refractivity contribution in [1.82, 2.24) is 0 Å². The normalized spacial score (nSPS) is 12.8.